The van der Waals surface area contributed by atoms with E-state index in [1.54, 1.807) is 23.1 Å². The third-order valence-corrected chi connectivity index (χ3v) is 5.93. The molecule has 1 aliphatic carbocycles. The number of carbonyl (C=O) groups is 2. The number of hydrogen-bond acceptors (Lipinski definition) is 5. The zero-order valence-electron chi connectivity index (χ0n) is 16.4. The first-order valence-corrected chi connectivity index (χ1v) is 10.4. The standard InChI is InChI=1S/C20H25ClN4O4/c1-13(19(27)22-15-3-4-15)23-8-10-24(11-9-23)18(26)6-7-25-16-5-2-14(21)12-17(16)29-20(25)28/h2,5,12-13,15H,3-4,6-11H2,1H3,(H,22,27). The molecule has 1 saturated heterocycles. The van der Waals surface area contributed by atoms with Crippen molar-refractivity contribution in [3.05, 3.63) is 33.8 Å². The molecule has 2 fully saturated rings. The van der Waals surface area contributed by atoms with E-state index in [2.05, 4.69) is 10.2 Å². The van der Waals surface area contributed by atoms with Crippen LogP contribution in [-0.4, -0.2) is 64.4 Å². The Kier molecular flexibility index (Phi) is 5.65. The summed E-state index contributed by atoms with van der Waals surface area (Å²) in [5.74, 6) is -0.427. The van der Waals surface area contributed by atoms with Crippen molar-refractivity contribution in [3.63, 3.8) is 0 Å². The number of nitrogens with zero attached hydrogens (tertiary/aromatic N) is 3. The van der Waals surface area contributed by atoms with Crippen molar-refractivity contribution in [2.24, 2.45) is 0 Å². The molecule has 2 aromatic rings. The number of aromatic nitrogens is 1. The molecule has 2 heterocycles. The van der Waals surface area contributed by atoms with E-state index >= 15 is 0 Å². The molecule has 1 aromatic carbocycles. The number of halogens is 1. The van der Waals surface area contributed by atoms with Gasteiger partial charge in [-0.15, -0.1) is 0 Å². The zero-order chi connectivity index (χ0) is 20.5. The van der Waals surface area contributed by atoms with Crippen LogP contribution in [0.4, 0.5) is 0 Å². The molecule has 1 unspecified atom stereocenters. The fourth-order valence-electron chi connectivity index (χ4n) is 3.69. The highest BCUT2D eigenvalue weighted by atomic mass is 35.5. The Bertz CT molecular complexity index is 973. The van der Waals surface area contributed by atoms with Gasteiger partial charge in [0.1, 0.15) is 0 Å². The lowest BCUT2D eigenvalue weighted by atomic mass is 10.2. The van der Waals surface area contributed by atoms with E-state index in [-0.39, 0.29) is 30.8 Å². The Morgan fingerprint density at radius 3 is 2.66 bits per heavy atom. The highest BCUT2D eigenvalue weighted by Gasteiger charge is 2.30. The van der Waals surface area contributed by atoms with Crippen LogP contribution in [0.2, 0.25) is 5.02 Å². The molecule has 29 heavy (non-hydrogen) atoms. The second-order valence-corrected chi connectivity index (χ2v) is 8.19. The van der Waals surface area contributed by atoms with Crippen LogP contribution in [0.25, 0.3) is 11.1 Å². The van der Waals surface area contributed by atoms with Gasteiger partial charge in [-0.25, -0.2) is 4.79 Å². The van der Waals surface area contributed by atoms with Crippen molar-refractivity contribution in [1.82, 2.24) is 19.7 Å². The molecule has 1 atom stereocenters. The fourth-order valence-corrected chi connectivity index (χ4v) is 3.85. The molecule has 2 amide bonds. The van der Waals surface area contributed by atoms with Gasteiger partial charge in [-0.2, -0.15) is 0 Å². The number of carbonyl (C=O) groups excluding carboxylic acids is 2. The number of fused-ring (bicyclic) bond motifs is 1. The lowest BCUT2D eigenvalue weighted by Gasteiger charge is -2.37. The van der Waals surface area contributed by atoms with Gasteiger partial charge in [0, 0.05) is 56.3 Å². The lowest BCUT2D eigenvalue weighted by Crippen LogP contribution is -2.55. The first-order valence-electron chi connectivity index (χ1n) is 10.0. The van der Waals surface area contributed by atoms with Crippen LogP contribution < -0.4 is 11.1 Å². The molecule has 0 radical (unpaired) electrons. The summed E-state index contributed by atoms with van der Waals surface area (Å²) in [6, 6.07) is 5.18. The number of aryl methyl sites for hydroxylation is 1. The summed E-state index contributed by atoms with van der Waals surface area (Å²) in [5, 5.41) is 3.53. The Hall–Kier alpha value is -2.32. The topological polar surface area (TPSA) is 87.8 Å². The smallest absolute Gasteiger partial charge is 0.408 e. The van der Waals surface area contributed by atoms with Crippen molar-refractivity contribution < 1.29 is 14.0 Å². The molecule has 8 nitrogen and oxygen atoms in total. The Balaban J connectivity index is 1.29. The lowest BCUT2D eigenvalue weighted by molar-refractivity contribution is -0.134. The largest absolute Gasteiger partial charge is 0.419 e. The van der Waals surface area contributed by atoms with E-state index < -0.39 is 5.76 Å². The molecule has 4 rings (SSSR count). The van der Waals surface area contributed by atoms with E-state index in [1.165, 1.54) is 4.57 Å². The fraction of sp³-hybridized carbons (Fsp3) is 0.550. The molecule has 1 N–H and O–H groups in total. The van der Waals surface area contributed by atoms with Gasteiger partial charge in [0.05, 0.1) is 11.6 Å². The second kappa shape index (κ2) is 8.20. The van der Waals surface area contributed by atoms with E-state index in [0.29, 0.717) is 48.3 Å². The summed E-state index contributed by atoms with van der Waals surface area (Å²) in [5.41, 5.74) is 1.05. The number of benzene rings is 1. The van der Waals surface area contributed by atoms with Gasteiger partial charge in [-0.05, 0) is 31.9 Å². The van der Waals surface area contributed by atoms with E-state index in [4.69, 9.17) is 16.0 Å². The maximum absolute atomic E-state index is 12.6. The second-order valence-electron chi connectivity index (χ2n) is 7.76. The number of rotatable bonds is 6. The van der Waals surface area contributed by atoms with Crippen LogP contribution >= 0.6 is 11.6 Å². The van der Waals surface area contributed by atoms with Crippen LogP contribution in [0.1, 0.15) is 26.2 Å². The predicted octanol–water partition coefficient (Wildman–Crippen LogP) is 1.45. The molecule has 0 bridgehead atoms. The molecule has 1 aliphatic heterocycles. The number of piperazine rings is 1. The molecule has 9 heteroatoms. The molecule has 1 saturated carbocycles. The Morgan fingerprint density at radius 2 is 1.97 bits per heavy atom. The first kappa shape index (κ1) is 20.0. The van der Waals surface area contributed by atoms with Crippen LogP contribution in [0, 0.1) is 0 Å². The SMILES string of the molecule is CC(C(=O)NC1CC1)N1CCN(C(=O)CCn2c(=O)oc3cc(Cl)ccc32)CC1. The van der Waals surface area contributed by atoms with Gasteiger partial charge in [0.25, 0.3) is 0 Å². The quantitative estimate of drug-likeness (QED) is 0.764. The summed E-state index contributed by atoms with van der Waals surface area (Å²) in [6.45, 7) is 4.66. The summed E-state index contributed by atoms with van der Waals surface area (Å²) in [7, 11) is 0. The third kappa shape index (κ3) is 4.48. The molecule has 2 aliphatic rings. The molecular weight excluding hydrogens is 396 g/mol. The summed E-state index contributed by atoms with van der Waals surface area (Å²) < 4.78 is 6.67. The molecule has 156 valence electrons. The highest BCUT2D eigenvalue weighted by Crippen LogP contribution is 2.20. The van der Waals surface area contributed by atoms with Crippen molar-refractivity contribution in [1.29, 1.82) is 0 Å². The van der Waals surface area contributed by atoms with Crippen LogP contribution in [0.3, 0.4) is 0 Å². The van der Waals surface area contributed by atoms with Crippen molar-refractivity contribution in [2.75, 3.05) is 26.2 Å². The van der Waals surface area contributed by atoms with Gasteiger partial charge in [0.15, 0.2) is 5.58 Å². The molecule has 0 spiro atoms. The average molecular weight is 421 g/mol. The van der Waals surface area contributed by atoms with E-state index in [9.17, 15) is 14.4 Å². The van der Waals surface area contributed by atoms with Gasteiger partial charge < -0.3 is 14.6 Å². The number of nitrogens with one attached hydrogen (secondary N) is 1. The van der Waals surface area contributed by atoms with Gasteiger partial charge >= 0.3 is 5.76 Å². The normalized spacial score (nSPS) is 18.8. The predicted molar refractivity (Wildman–Crippen MR) is 109 cm³/mol. The molecular formula is C20H25ClN4O4. The van der Waals surface area contributed by atoms with Crippen molar-refractivity contribution in [2.45, 2.75) is 44.8 Å². The van der Waals surface area contributed by atoms with E-state index in [0.717, 1.165) is 12.8 Å². The zero-order valence-corrected chi connectivity index (χ0v) is 17.2. The minimum atomic E-state index is -0.490. The number of oxazole rings is 1. The monoisotopic (exact) mass is 420 g/mol. The van der Waals surface area contributed by atoms with Crippen LogP contribution in [0.5, 0.6) is 0 Å². The number of amides is 2. The van der Waals surface area contributed by atoms with Crippen molar-refractivity contribution >= 4 is 34.5 Å². The van der Waals surface area contributed by atoms with Crippen molar-refractivity contribution in [3.8, 4) is 0 Å². The Labute approximate surface area is 173 Å². The Morgan fingerprint density at radius 1 is 1.24 bits per heavy atom. The van der Waals surface area contributed by atoms with Gasteiger partial charge in [0.2, 0.25) is 11.8 Å². The van der Waals surface area contributed by atoms with Crippen LogP contribution in [-0.2, 0) is 16.1 Å². The number of hydrogen-bond donors (Lipinski definition) is 1. The highest BCUT2D eigenvalue weighted by molar-refractivity contribution is 6.31. The average Bonchev–Trinajstić information content (AvgIpc) is 3.47. The minimum absolute atomic E-state index is 0.00468. The van der Waals surface area contributed by atoms with Gasteiger partial charge in [-0.1, -0.05) is 11.6 Å². The van der Waals surface area contributed by atoms with E-state index in [1.807, 2.05) is 6.92 Å². The maximum atomic E-state index is 12.6. The summed E-state index contributed by atoms with van der Waals surface area (Å²) in [4.78, 5) is 40.8. The first-order chi connectivity index (χ1) is 13.9. The summed E-state index contributed by atoms with van der Waals surface area (Å²) in [6.07, 6.45) is 2.36. The minimum Gasteiger partial charge on any atom is -0.408 e. The molecule has 1 aromatic heterocycles. The third-order valence-electron chi connectivity index (χ3n) is 5.70. The maximum Gasteiger partial charge on any atom is 0.419 e. The van der Waals surface area contributed by atoms with Crippen LogP contribution in [0.15, 0.2) is 27.4 Å². The summed E-state index contributed by atoms with van der Waals surface area (Å²) >= 11 is 5.93. The van der Waals surface area contributed by atoms with Gasteiger partial charge in [-0.3, -0.25) is 19.1 Å².